The number of piperidine rings is 1. The van der Waals surface area contributed by atoms with Gasteiger partial charge in [0.05, 0.1) is 6.54 Å². The summed E-state index contributed by atoms with van der Waals surface area (Å²) in [6.45, 7) is 1.75. The summed E-state index contributed by atoms with van der Waals surface area (Å²) in [4.78, 5) is 25.0. The Morgan fingerprint density at radius 3 is 2.62 bits per heavy atom. The molecular formula is C15H18N2O4. The van der Waals surface area contributed by atoms with E-state index in [0.29, 0.717) is 38.2 Å². The van der Waals surface area contributed by atoms with E-state index in [9.17, 15) is 9.59 Å². The molecule has 2 amide bonds. The van der Waals surface area contributed by atoms with Crippen molar-refractivity contribution in [2.45, 2.75) is 18.4 Å². The molecule has 0 aromatic heterocycles. The van der Waals surface area contributed by atoms with Gasteiger partial charge in [0.1, 0.15) is 11.4 Å². The van der Waals surface area contributed by atoms with Crippen LogP contribution >= 0.6 is 0 Å². The van der Waals surface area contributed by atoms with Gasteiger partial charge in [-0.3, -0.25) is 4.79 Å². The molecule has 1 aromatic rings. The Hall–Kier alpha value is -2.24. The van der Waals surface area contributed by atoms with Crippen molar-refractivity contribution in [3.05, 3.63) is 30.3 Å². The van der Waals surface area contributed by atoms with E-state index in [1.165, 1.54) is 0 Å². The van der Waals surface area contributed by atoms with Gasteiger partial charge in [-0.25, -0.2) is 4.79 Å². The number of rotatable bonds is 3. The molecule has 0 atom stereocenters. The number of nitrogens with zero attached hydrogens (tertiary/aromatic N) is 1. The highest BCUT2D eigenvalue weighted by Gasteiger charge is 2.43. The topological polar surface area (TPSA) is 67.9 Å². The predicted octanol–water partition coefficient (Wildman–Crippen LogP) is 1.17. The average molecular weight is 290 g/mol. The van der Waals surface area contributed by atoms with Crippen molar-refractivity contribution in [3.63, 3.8) is 0 Å². The molecule has 3 rings (SSSR count). The van der Waals surface area contributed by atoms with Crippen LogP contribution < -0.4 is 10.1 Å². The van der Waals surface area contributed by atoms with Crippen molar-refractivity contribution in [1.29, 1.82) is 0 Å². The lowest BCUT2D eigenvalue weighted by molar-refractivity contribution is -0.136. The Kier molecular flexibility index (Phi) is 3.68. The Morgan fingerprint density at radius 1 is 1.29 bits per heavy atom. The summed E-state index contributed by atoms with van der Waals surface area (Å²) in [5.41, 5.74) is -0.422. The van der Waals surface area contributed by atoms with E-state index in [4.69, 9.17) is 9.47 Å². The van der Waals surface area contributed by atoms with Gasteiger partial charge < -0.3 is 19.7 Å². The molecule has 6 nitrogen and oxygen atoms in total. The summed E-state index contributed by atoms with van der Waals surface area (Å²) in [6, 6.07) is 9.28. The van der Waals surface area contributed by atoms with Crippen molar-refractivity contribution in [1.82, 2.24) is 10.2 Å². The summed E-state index contributed by atoms with van der Waals surface area (Å²) in [5, 5.41) is 2.68. The molecule has 0 bridgehead atoms. The fourth-order valence-electron chi connectivity index (χ4n) is 2.70. The number of likely N-dealkylation sites (tertiary alicyclic amines) is 1. The molecule has 1 aromatic carbocycles. The van der Waals surface area contributed by atoms with Gasteiger partial charge >= 0.3 is 6.09 Å². The Balaban J connectivity index is 1.48. The Labute approximate surface area is 123 Å². The van der Waals surface area contributed by atoms with Crippen molar-refractivity contribution in [3.8, 4) is 5.75 Å². The SMILES string of the molecule is O=C1NCC2(CCN(C(=O)COc3ccccc3)CC2)O1. The number of amides is 2. The van der Waals surface area contributed by atoms with Crippen LogP contribution in [0.15, 0.2) is 30.3 Å². The van der Waals surface area contributed by atoms with Gasteiger partial charge in [0, 0.05) is 25.9 Å². The van der Waals surface area contributed by atoms with Crippen LogP contribution in [0.25, 0.3) is 0 Å². The predicted molar refractivity (Wildman–Crippen MR) is 75.0 cm³/mol. The molecule has 2 aliphatic heterocycles. The van der Waals surface area contributed by atoms with Crippen LogP contribution in [0.2, 0.25) is 0 Å². The zero-order valence-corrected chi connectivity index (χ0v) is 11.7. The molecule has 2 saturated heterocycles. The maximum Gasteiger partial charge on any atom is 0.407 e. The molecule has 1 N–H and O–H groups in total. The van der Waals surface area contributed by atoms with Crippen LogP contribution in [0.5, 0.6) is 5.75 Å². The van der Waals surface area contributed by atoms with Gasteiger partial charge in [0.25, 0.3) is 5.91 Å². The number of alkyl carbamates (subject to hydrolysis) is 1. The monoisotopic (exact) mass is 290 g/mol. The van der Waals surface area contributed by atoms with Crippen LogP contribution in [0.3, 0.4) is 0 Å². The van der Waals surface area contributed by atoms with E-state index >= 15 is 0 Å². The number of benzene rings is 1. The highest BCUT2D eigenvalue weighted by atomic mass is 16.6. The fourth-order valence-corrected chi connectivity index (χ4v) is 2.70. The second-order valence-electron chi connectivity index (χ2n) is 5.41. The summed E-state index contributed by atoms with van der Waals surface area (Å²) in [7, 11) is 0. The second-order valence-corrected chi connectivity index (χ2v) is 5.41. The molecule has 2 aliphatic rings. The van der Waals surface area contributed by atoms with Crippen molar-refractivity contribution in [2.24, 2.45) is 0 Å². The zero-order valence-electron chi connectivity index (χ0n) is 11.7. The smallest absolute Gasteiger partial charge is 0.407 e. The molecular weight excluding hydrogens is 272 g/mol. The van der Waals surface area contributed by atoms with E-state index in [0.717, 1.165) is 0 Å². The van der Waals surface area contributed by atoms with E-state index in [1.807, 2.05) is 30.3 Å². The summed E-state index contributed by atoms with van der Waals surface area (Å²) in [5.74, 6) is 0.652. The van der Waals surface area contributed by atoms with Crippen LogP contribution in [-0.2, 0) is 9.53 Å². The number of hydrogen-bond acceptors (Lipinski definition) is 4. The van der Waals surface area contributed by atoms with Gasteiger partial charge in [-0.1, -0.05) is 18.2 Å². The zero-order chi connectivity index (χ0) is 14.7. The maximum atomic E-state index is 12.1. The van der Waals surface area contributed by atoms with Gasteiger partial charge in [-0.05, 0) is 12.1 Å². The molecule has 0 saturated carbocycles. The molecule has 2 heterocycles. The van der Waals surface area contributed by atoms with Crippen molar-refractivity contribution >= 4 is 12.0 Å². The van der Waals surface area contributed by atoms with Crippen LogP contribution in [0.1, 0.15) is 12.8 Å². The number of carbonyl (C=O) groups is 2. The molecule has 112 valence electrons. The summed E-state index contributed by atoms with van der Waals surface area (Å²) < 4.78 is 10.8. The lowest BCUT2D eigenvalue weighted by atomic mass is 9.91. The lowest BCUT2D eigenvalue weighted by Gasteiger charge is -2.37. The molecule has 0 aliphatic carbocycles. The maximum absolute atomic E-state index is 12.1. The normalized spacial score (nSPS) is 20.0. The molecule has 0 radical (unpaired) electrons. The van der Waals surface area contributed by atoms with Crippen molar-refractivity contribution in [2.75, 3.05) is 26.2 Å². The molecule has 1 spiro atoms. The first-order valence-electron chi connectivity index (χ1n) is 7.09. The van der Waals surface area contributed by atoms with Gasteiger partial charge in [-0.2, -0.15) is 0 Å². The third-order valence-corrected chi connectivity index (χ3v) is 4.00. The number of nitrogens with one attached hydrogen (secondary N) is 1. The quantitative estimate of drug-likeness (QED) is 0.907. The van der Waals surface area contributed by atoms with E-state index in [1.54, 1.807) is 4.90 Å². The highest BCUT2D eigenvalue weighted by Crippen LogP contribution is 2.29. The largest absolute Gasteiger partial charge is 0.484 e. The number of ether oxygens (including phenoxy) is 2. The molecule has 2 fully saturated rings. The van der Waals surface area contributed by atoms with Crippen molar-refractivity contribution < 1.29 is 19.1 Å². The minimum atomic E-state index is -0.422. The van der Waals surface area contributed by atoms with E-state index in [-0.39, 0.29) is 18.6 Å². The molecule has 0 unspecified atom stereocenters. The number of carbonyl (C=O) groups excluding carboxylic acids is 2. The van der Waals surface area contributed by atoms with E-state index < -0.39 is 5.60 Å². The average Bonchev–Trinajstić information content (AvgIpc) is 2.87. The van der Waals surface area contributed by atoms with Crippen LogP contribution in [-0.4, -0.2) is 48.7 Å². The van der Waals surface area contributed by atoms with Gasteiger partial charge in [-0.15, -0.1) is 0 Å². The van der Waals surface area contributed by atoms with E-state index in [2.05, 4.69) is 5.32 Å². The minimum Gasteiger partial charge on any atom is -0.484 e. The standard InChI is InChI=1S/C15H18N2O4/c18-13(10-20-12-4-2-1-3-5-12)17-8-6-15(7-9-17)11-16-14(19)21-15/h1-5H,6-11H2,(H,16,19). The first-order valence-corrected chi connectivity index (χ1v) is 7.09. The summed E-state index contributed by atoms with van der Waals surface area (Å²) in [6.07, 6.45) is 0.980. The third-order valence-electron chi connectivity index (χ3n) is 4.00. The van der Waals surface area contributed by atoms with Gasteiger partial charge in [0.2, 0.25) is 0 Å². The first-order chi connectivity index (χ1) is 10.2. The highest BCUT2D eigenvalue weighted by molar-refractivity contribution is 5.78. The first kappa shape index (κ1) is 13.7. The fraction of sp³-hybridized carbons (Fsp3) is 0.467. The van der Waals surface area contributed by atoms with Gasteiger partial charge in [0.15, 0.2) is 6.61 Å². The van der Waals surface area contributed by atoms with Crippen LogP contribution in [0, 0.1) is 0 Å². The number of para-hydroxylation sites is 1. The lowest BCUT2D eigenvalue weighted by Crippen LogP contribution is -2.49. The molecule has 21 heavy (non-hydrogen) atoms. The third kappa shape index (κ3) is 3.09. The van der Waals surface area contributed by atoms with Crippen LogP contribution in [0.4, 0.5) is 4.79 Å². The number of hydrogen-bond donors (Lipinski definition) is 1. The Morgan fingerprint density at radius 2 is 2.00 bits per heavy atom. The summed E-state index contributed by atoms with van der Waals surface area (Å²) >= 11 is 0. The minimum absolute atomic E-state index is 0.0361. The second kappa shape index (κ2) is 5.63. The Bertz CT molecular complexity index is 524. The molecule has 6 heteroatoms.